The molecule has 1 fully saturated rings. The van der Waals surface area contributed by atoms with E-state index in [-0.39, 0.29) is 46.9 Å². The van der Waals surface area contributed by atoms with Crippen molar-refractivity contribution in [3.05, 3.63) is 155 Å². The standard InChI is InChI=1S/C55H64ClN11O7S2/c1-62(2)27-23-44(38-75-47-11-5-4-6-12-47)58-50-22-21-48(34-52(50)67(71)72)76(73,74)60-43-19-15-40(16-20-43)51-36-66(61-59-51)45-10-7-9-41(33-45)53-49(39-13-17-42(56)18-14-39)35-65(28-24-46(69)37-68)54(53)55(70)57-25-8-26-64-31-29-63(3)30-32-64/h4-7,9-22,33-36,44,46,58,60,68-69H,8,23-32,37-38H2,1-3H3,(H,57,70)/t44-,46?/m1/s1. The number of nitrogens with zero attached hydrogens (tertiary/aromatic N) is 8. The van der Waals surface area contributed by atoms with E-state index in [0.29, 0.717) is 51.9 Å². The minimum absolute atomic E-state index is 0.143. The predicted molar refractivity (Wildman–Crippen MR) is 301 cm³/mol. The zero-order valence-electron chi connectivity index (χ0n) is 42.8. The van der Waals surface area contributed by atoms with Crippen LogP contribution in [0.1, 0.15) is 29.8 Å². The van der Waals surface area contributed by atoms with Crippen LogP contribution >= 0.6 is 23.4 Å². The number of nitro groups is 1. The van der Waals surface area contributed by atoms with E-state index in [4.69, 9.17) is 11.6 Å². The third kappa shape index (κ3) is 14.6. The average molecular weight is 1090 g/mol. The lowest BCUT2D eigenvalue weighted by Gasteiger charge is -2.32. The van der Waals surface area contributed by atoms with Gasteiger partial charge in [-0.25, -0.2) is 13.1 Å². The fraction of sp³-hybridized carbons (Fsp3) is 0.327. The summed E-state index contributed by atoms with van der Waals surface area (Å²) in [5.41, 5.74) is 5.29. The predicted octanol–water partition coefficient (Wildman–Crippen LogP) is 8.07. The van der Waals surface area contributed by atoms with Crippen LogP contribution in [-0.4, -0.2) is 155 Å². The lowest BCUT2D eigenvalue weighted by Crippen LogP contribution is -2.45. The highest BCUT2D eigenvalue weighted by molar-refractivity contribution is 7.99. The van der Waals surface area contributed by atoms with Gasteiger partial charge < -0.3 is 40.1 Å². The van der Waals surface area contributed by atoms with Crippen LogP contribution in [-0.2, 0) is 16.6 Å². The van der Waals surface area contributed by atoms with Gasteiger partial charge in [0.1, 0.15) is 17.1 Å². The number of anilines is 2. The Balaban J connectivity index is 1.00. The molecule has 0 saturated carbocycles. The molecule has 1 amide bonds. The van der Waals surface area contributed by atoms with Crippen LogP contribution in [0.3, 0.4) is 0 Å². The molecule has 3 heterocycles. The van der Waals surface area contributed by atoms with Gasteiger partial charge in [-0.05, 0) is 125 Å². The number of aliphatic hydroxyl groups excluding tert-OH is 2. The van der Waals surface area contributed by atoms with Gasteiger partial charge in [-0.3, -0.25) is 19.6 Å². The minimum Gasteiger partial charge on any atom is -0.394 e. The maximum atomic E-state index is 14.4. The number of rotatable bonds is 25. The number of piperazine rings is 1. The molecule has 76 heavy (non-hydrogen) atoms. The highest BCUT2D eigenvalue weighted by Gasteiger charge is 2.27. The fourth-order valence-corrected chi connectivity index (χ4v) is 11.1. The van der Waals surface area contributed by atoms with Crippen LogP contribution < -0.4 is 15.4 Å². The number of nitro benzene ring substituents is 1. The van der Waals surface area contributed by atoms with Crippen molar-refractivity contribution in [3.63, 3.8) is 0 Å². The van der Waals surface area contributed by atoms with Crippen molar-refractivity contribution in [1.29, 1.82) is 0 Å². The van der Waals surface area contributed by atoms with E-state index in [2.05, 4.69) is 42.5 Å². The summed E-state index contributed by atoms with van der Waals surface area (Å²) < 4.78 is 33.5. The topological polar surface area (TPSA) is 216 Å². The molecule has 21 heteroatoms. The zero-order valence-corrected chi connectivity index (χ0v) is 45.1. The number of amides is 1. The molecule has 0 aliphatic carbocycles. The number of carbonyl (C=O) groups excluding carboxylic acids is 1. The Hall–Kier alpha value is -6.62. The molecule has 0 bridgehead atoms. The Bertz CT molecular complexity index is 3170. The number of benzene rings is 5. The molecule has 0 spiro atoms. The molecule has 5 N–H and O–H groups in total. The summed E-state index contributed by atoms with van der Waals surface area (Å²) in [5.74, 6) is 0.367. The summed E-state index contributed by atoms with van der Waals surface area (Å²) in [6.07, 6.45) is 4.37. The summed E-state index contributed by atoms with van der Waals surface area (Å²) in [5, 5.41) is 48.4. The van der Waals surface area contributed by atoms with E-state index in [1.165, 1.54) is 12.1 Å². The maximum absolute atomic E-state index is 14.4. The molecule has 8 rings (SSSR count). The number of halogens is 1. The smallest absolute Gasteiger partial charge is 0.293 e. The summed E-state index contributed by atoms with van der Waals surface area (Å²) in [6, 6.07) is 35.2. The van der Waals surface area contributed by atoms with Gasteiger partial charge in [0.2, 0.25) is 0 Å². The van der Waals surface area contributed by atoms with Crippen LogP contribution in [0.25, 0.3) is 39.2 Å². The third-order valence-electron chi connectivity index (χ3n) is 13.2. The Kier molecular flexibility index (Phi) is 19.0. The van der Waals surface area contributed by atoms with Gasteiger partial charge in [-0.2, -0.15) is 0 Å². The number of aryl methyl sites for hydroxylation is 1. The van der Waals surface area contributed by atoms with Gasteiger partial charge in [-0.1, -0.05) is 71.4 Å². The average Bonchev–Trinajstić information content (AvgIpc) is 4.08. The molecule has 5 aromatic carbocycles. The number of aromatic nitrogens is 4. The summed E-state index contributed by atoms with van der Waals surface area (Å²) >= 11 is 7.98. The maximum Gasteiger partial charge on any atom is 0.293 e. The van der Waals surface area contributed by atoms with Crippen LogP contribution in [0.2, 0.25) is 5.02 Å². The Morgan fingerprint density at radius 3 is 2.33 bits per heavy atom. The molecular formula is C55H64ClN11O7S2. The van der Waals surface area contributed by atoms with Gasteiger partial charge >= 0.3 is 0 Å². The van der Waals surface area contributed by atoms with E-state index < -0.39 is 27.7 Å². The molecule has 1 aliphatic heterocycles. The number of hydrogen-bond acceptors (Lipinski definition) is 14. The number of nitrogens with one attached hydrogen (secondary N) is 3. The first-order valence-corrected chi connectivity index (χ1v) is 28.0. The largest absolute Gasteiger partial charge is 0.394 e. The van der Waals surface area contributed by atoms with Crippen molar-refractivity contribution in [2.45, 2.75) is 47.7 Å². The van der Waals surface area contributed by atoms with Crippen molar-refractivity contribution in [2.75, 3.05) is 89.4 Å². The number of likely N-dealkylation sites (N-methyl/N-ethyl adjacent to an activating group) is 1. The van der Waals surface area contributed by atoms with E-state index in [1.807, 2.05) is 96.5 Å². The first kappa shape index (κ1) is 55.6. The Morgan fingerprint density at radius 2 is 1.62 bits per heavy atom. The third-order valence-corrected chi connectivity index (χ3v) is 16.0. The molecule has 7 aromatic rings. The molecule has 1 aliphatic rings. The zero-order chi connectivity index (χ0) is 53.8. The van der Waals surface area contributed by atoms with E-state index in [9.17, 15) is 33.5 Å². The second-order valence-electron chi connectivity index (χ2n) is 19.1. The second-order valence-corrected chi connectivity index (χ2v) is 22.3. The van der Waals surface area contributed by atoms with Gasteiger partial charge in [0, 0.05) is 95.6 Å². The number of aliphatic hydroxyl groups is 2. The second kappa shape index (κ2) is 25.9. The Labute approximate surface area is 452 Å². The van der Waals surface area contributed by atoms with E-state index in [1.54, 1.807) is 59.0 Å². The molecule has 2 aromatic heterocycles. The molecule has 2 atom stereocenters. The summed E-state index contributed by atoms with van der Waals surface area (Å²) in [6.45, 7) is 5.90. The monoisotopic (exact) mass is 1090 g/mol. The van der Waals surface area contributed by atoms with Crippen molar-refractivity contribution in [3.8, 4) is 39.2 Å². The van der Waals surface area contributed by atoms with E-state index in [0.717, 1.165) is 73.3 Å². The molecule has 0 radical (unpaired) electrons. The van der Waals surface area contributed by atoms with Gasteiger partial charge in [0.25, 0.3) is 21.6 Å². The van der Waals surface area contributed by atoms with E-state index >= 15 is 0 Å². The number of carbonyl (C=O) groups is 1. The van der Waals surface area contributed by atoms with Crippen LogP contribution in [0.5, 0.6) is 0 Å². The Morgan fingerprint density at radius 1 is 0.882 bits per heavy atom. The van der Waals surface area contributed by atoms with Crippen molar-refractivity contribution >= 4 is 56.4 Å². The summed E-state index contributed by atoms with van der Waals surface area (Å²) in [4.78, 5) is 33.8. The van der Waals surface area contributed by atoms with Gasteiger partial charge in [0.15, 0.2) is 0 Å². The lowest BCUT2D eigenvalue weighted by atomic mass is 9.96. The van der Waals surface area contributed by atoms with Crippen molar-refractivity contribution in [1.82, 2.24) is 39.6 Å². The van der Waals surface area contributed by atoms with Crippen LogP contribution in [0, 0.1) is 10.1 Å². The quantitative estimate of drug-likeness (QED) is 0.0158. The lowest BCUT2D eigenvalue weighted by molar-refractivity contribution is -0.384. The summed E-state index contributed by atoms with van der Waals surface area (Å²) in [7, 11) is 1.80. The number of hydrogen-bond donors (Lipinski definition) is 5. The normalized spacial score (nSPS) is 14.1. The number of sulfonamides is 1. The SMILES string of the molecule is CN(C)CC[C@H](CSc1ccccc1)Nc1ccc(S(=O)(=O)Nc2ccc(-c3cn(-c4cccc(-c5c(-c6ccc(Cl)cc6)cn(CCC(O)CO)c5C(=O)NCCCN5CCN(C)CC5)c4)nn3)cc2)cc1[N+](=O)[O-]. The fourth-order valence-electron chi connectivity index (χ4n) is 8.90. The first-order chi connectivity index (χ1) is 36.6. The van der Waals surface area contributed by atoms with Crippen molar-refractivity contribution in [2.24, 2.45) is 0 Å². The van der Waals surface area contributed by atoms with Crippen LogP contribution in [0.4, 0.5) is 17.1 Å². The van der Waals surface area contributed by atoms with Gasteiger partial charge in [-0.15, -0.1) is 16.9 Å². The molecular weight excluding hydrogens is 1030 g/mol. The van der Waals surface area contributed by atoms with Crippen molar-refractivity contribution < 1.29 is 28.3 Å². The molecule has 18 nitrogen and oxygen atoms in total. The van der Waals surface area contributed by atoms with Gasteiger partial charge in [0.05, 0.1) is 34.4 Å². The highest BCUT2D eigenvalue weighted by atomic mass is 35.5. The molecule has 400 valence electrons. The number of thioether (sulfide) groups is 1. The van der Waals surface area contributed by atoms with Crippen LogP contribution in [0.15, 0.2) is 144 Å². The first-order valence-electron chi connectivity index (χ1n) is 25.1. The molecule has 1 saturated heterocycles. The molecule has 1 unspecified atom stereocenters. The highest BCUT2D eigenvalue weighted by Crippen LogP contribution is 2.39. The minimum atomic E-state index is -4.25.